The SMILES string of the molecule is CCCCc1nc2cc(OCC(=CF)CNC(=O)O)ccn2n1. The molecule has 0 bridgehead atoms. The maximum absolute atomic E-state index is 12.7. The summed E-state index contributed by atoms with van der Waals surface area (Å²) in [5.74, 6) is 1.29. The number of unbranched alkanes of at least 4 members (excludes halogenated alkanes) is 1. The van der Waals surface area contributed by atoms with E-state index in [4.69, 9.17) is 9.84 Å². The fourth-order valence-electron chi connectivity index (χ4n) is 1.93. The molecule has 0 aromatic carbocycles. The molecule has 23 heavy (non-hydrogen) atoms. The van der Waals surface area contributed by atoms with Crippen LogP contribution >= 0.6 is 0 Å². The predicted octanol–water partition coefficient (Wildman–Crippen LogP) is 2.57. The molecule has 0 saturated heterocycles. The highest BCUT2D eigenvalue weighted by molar-refractivity contribution is 5.64. The van der Waals surface area contributed by atoms with Gasteiger partial charge in [-0.05, 0) is 12.5 Å². The number of pyridine rings is 1. The van der Waals surface area contributed by atoms with Gasteiger partial charge in [0.1, 0.15) is 12.4 Å². The molecule has 2 aromatic heterocycles. The standard InChI is InChI=1S/C15H19FN4O3/c1-2-3-4-13-18-14-7-12(5-6-20(14)19-13)23-10-11(8-16)9-17-15(21)22/h5-8,17H,2-4,9-10H2,1H3,(H,21,22). The Morgan fingerprint density at radius 2 is 2.39 bits per heavy atom. The van der Waals surface area contributed by atoms with Crippen LogP contribution in [-0.2, 0) is 6.42 Å². The lowest BCUT2D eigenvalue weighted by molar-refractivity contribution is 0.195. The van der Waals surface area contributed by atoms with E-state index in [2.05, 4.69) is 22.3 Å². The minimum absolute atomic E-state index is 0.0518. The fourth-order valence-corrected chi connectivity index (χ4v) is 1.93. The number of carboxylic acid groups (broad SMARTS) is 1. The third-order valence-electron chi connectivity index (χ3n) is 3.15. The van der Waals surface area contributed by atoms with Crippen molar-refractivity contribution in [2.24, 2.45) is 0 Å². The van der Waals surface area contributed by atoms with E-state index in [0.29, 0.717) is 17.7 Å². The maximum atomic E-state index is 12.7. The molecule has 0 aliphatic heterocycles. The highest BCUT2D eigenvalue weighted by Gasteiger charge is 2.06. The van der Waals surface area contributed by atoms with Gasteiger partial charge in [-0.1, -0.05) is 13.3 Å². The van der Waals surface area contributed by atoms with E-state index in [0.717, 1.165) is 25.1 Å². The van der Waals surface area contributed by atoms with Gasteiger partial charge in [-0.15, -0.1) is 0 Å². The number of hydrogen-bond acceptors (Lipinski definition) is 4. The quantitative estimate of drug-likeness (QED) is 0.780. The Kier molecular flexibility index (Phi) is 5.90. The number of aromatic nitrogens is 3. The van der Waals surface area contributed by atoms with Gasteiger partial charge < -0.3 is 15.2 Å². The van der Waals surface area contributed by atoms with Gasteiger partial charge >= 0.3 is 6.09 Å². The van der Waals surface area contributed by atoms with Crippen molar-refractivity contribution < 1.29 is 19.0 Å². The molecule has 2 heterocycles. The van der Waals surface area contributed by atoms with E-state index >= 15 is 0 Å². The molecule has 0 atom stereocenters. The zero-order chi connectivity index (χ0) is 16.7. The van der Waals surface area contributed by atoms with Gasteiger partial charge in [0.2, 0.25) is 0 Å². The summed E-state index contributed by atoms with van der Waals surface area (Å²) < 4.78 is 19.8. The van der Waals surface area contributed by atoms with Gasteiger partial charge in [-0.3, -0.25) is 0 Å². The summed E-state index contributed by atoms with van der Waals surface area (Å²) in [6.45, 7) is 1.93. The third kappa shape index (κ3) is 4.94. The van der Waals surface area contributed by atoms with E-state index in [9.17, 15) is 9.18 Å². The maximum Gasteiger partial charge on any atom is 0.404 e. The zero-order valence-corrected chi connectivity index (χ0v) is 12.8. The van der Waals surface area contributed by atoms with Gasteiger partial charge in [0.25, 0.3) is 0 Å². The Bertz CT molecular complexity index is 699. The molecule has 8 heteroatoms. The van der Waals surface area contributed by atoms with Gasteiger partial charge in [0.15, 0.2) is 11.5 Å². The van der Waals surface area contributed by atoms with Crippen LogP contribution in [0.1, 0.15) is 25.6 Å². The number of aryl methyl sites for hydroxylation is 1. The van der Waals surface area contributed by atoms with Crippen molar-refractivity contribution in [1.82, 2.24) is 19.9 Å². The average molecular weight is 322 g/mol. The number of carbonyl (C=O) groups is 1. The Hall–Kier alpha value is -2.64. The minimum Gasteiger partial charge on any atom is -0.489 e. The number of ether oxygens (including phenoxy) is 1. The van der Waals surface area contributed by atoms with Crippen molar-refractivity contribution in [2.75, 3.05) is 13.2 Å². The van der Waals surface area contributed by atoms with Crippen LogP contribution in [0.5, 0.6) is 5.75 Å². The van der Waals surface area contributed by atoms with Gasteiger partial charge in [-0.2, -0.15) is 5.10 Å². The zero-order valence-electron chi connectivity index (χ0n) is 12.8. The van der Waals surface area contributed by atoms with Gasteiger partial charge in [0.05, 0.1) is 6.33 Å². The Morgan fingerprint density at radius 1 is 1.57 bits per heavy atom. The lowest BCUT2D eigenvalue weighted by atomic mass is 10.2. The summed E-state index contributed by atoms with van der Waals surface area (Å²) in [6, 6.07) is 3.41. The van der Waals surface area contributed by atoms with Crippen molar-refractivity contribution >= 4 is 11.7 Å². The first-order chi connectivity index (χ1) is 11.1. The van der Waals surface area contributed by atoms with Crippen molar-refractivity contribution in [3.05, 3.63) is 36.1 Å². The second kappa shape index (κ2) is 8.11. The van der Waals surface area contributed by atoms with Crippen LogP contribution in [0.4, 0.5) is 9.18 Å². The second-order valence-electron chi connectivity index (χ2n) is 5.01. The summed E-state index contributed by atoms with van der Waals surface area (Å²) in [5.41, 5.74) is 0.848. The number of rotatable bonds is 8. The van der Waals surface area contributed by atoms with Crippen LogP contribution in [0.25, 0.3) is 5.65 Å². The largest absolute Gasteiger partial charge is 0.489 e. The number of amides is 1. The molecule has 124 valence electrons. The van der Waals surface area contributed by atoms with Crippen LogP contribution in [0.15, 0.2) is 30.2 Å². The predicted molar refractivity (Wildman–Crippen MR) is 82.3 cm³/mol. The van der Waals surface area contributed by atoms with Crippen LogP contribution < -0.4 is 10.1 Å². The first-order valence-corrected chi connectivity index (χ1v) is 7.35. The van der Waals surface area contributed by atoms with Crippen LogP contribution in [0.2, 0.25) is 0 Å². The lowest BCUT2D eigenvalue weighted by Gasteiger charge is -2.08. The van der Waals surface area contributed by atoms with Crippen molar-refractivity contribution in [2.45, 2.75) is 26.2 Å². The highest BCUT2D eigenvalue weighted by atomic mass is 19.1. The molecule has 0 saturated carbocycles. The minimum atomic E-state index is -1.21. The van der Waals surface area contributed by atoms with E-state index in [1.165, 1.54) is 0 Å². The van der Waals surface area contributed by atoms with E-state index in [1.807, 2.05) is 0 Å². The molecule has 1 amide bonds. The first-order valence-electron chi connectivity index (χ1n) is 7.35. The number of hydrogen-bond donors (Lipinski definition) is 2. The van der Waals surface area contributed by atoms with Crippen LogP contribution in [-0.4, -0.2) is 38.9 Å². The molecular weight excluding hydrogens is 303 g/mol. The van der Waals surface area contributed by atoms with Crippen molar-refractivity contribution in [1.29, 1.82) is 0 Å². The van der Waals surface area contributed by atoms with E-state index in [-0.39, 0.29) is 18.7 Å². The van der Waals surface area contributed by atoms with Crippen molar-refractivity contribution in [3.8, 4) is 5.75 Å². The summed E-state index contributed by atoms with van der Waals surface area (Å²) >= 11 is 0. The average Bonchev–Trinajstić information content (AvgIpc) is 2.94. The Morgan fingerprint density at radius 3 is 3.09 bits per heavy atom. The fraction of sp³-hybridized carbons (Fsp3) is 0.400. The number of halogens is 1. The summed E-state index contributed by atoms with van der Waals surface area (Å²) in [6.07, 6.45) is 3.78. The number of nitrogens with one attached hydrogen (secondary N) is 1. The molecule has 2 aromatic rings. The van der Waals surface area contributed by atoms with Crippen molar-refractivity contribution in [3.63, 3.8) is 0 Å². The Balaban J connectivity index is 1.98. The normalized spacial score (nSPS) is 11.7. The molecule has 0 radical (unpaired) electrons. The number of nitrogens with zero attached hydrogens (tertiary/aromatic N) is 3. The van der Waals surface area contributed by atoms with E-state index < -0.39 is 6.09 Å². The van der Waals surface area contributed by atoms with E-state index in [1.54, 1.807) is 22.8 Å². The highest BCUT2D eigenvalue weighted by Crippen LogP contribution is 2.15. The summed E-state index contributed by atoms with van der Waals surface area (Å²) in [5, 5.41) is 14.9. The Labute approximate surface area is 132 Å². The van der Waals surface area contributed by atoms with Gasteiger partial charge in [0, 0.05) is 30.8 Å². The molecule has 0 aliphatic carbocycles. The smallest absolute Gasteiger partial charge is 0.404 e. The lowest BCUT2D eigenvalue weighted by Crippen LogP contribution is -2.25. The molecular formula is C15H19FN4O3. The molecule has 0 spiro atoms. The van der Waals surface area contributed by atoms with Crippen LogP contribution in [0.3, 0.4) is 0 Å². The topological polar surface area (TPSA) is 88.8 Å². The summed E-state index contributed by atoms with van der Waals surface area (Å²) in [7, 11) is 0. The molecule has 0 unspecified atom stereocenters. The number of fused-ring (bicyclic) bond motifs is 1. The molecule has 2 rings (SSSR count). The molecule has 7 nitrogen and oxygen atoms in total. The van der Waals surface area contributed by atoms with Gasteiger partial charge in [-0.25, -0.2) is 18.7 Å². The molecule has 0 aliphatic rings. The molecule has 2 N–H and O–H groups in total. The monoisotopic (exact) mass is 322 g/mol. The second-order valence-corrected chi connectivity index (χ2v) is 5.01. The van der Waals surface area contributed by atoms with Crippen LogP contribution in [0, 0.1) is 0 Å². The summed E-state index contributed by atoms with van der Waals surface area (Å²) in [4.78, 5) is 14.8. The third-order valence-corrected chi connectivity index (χ3v) is 3.15. The first kappa shape index (κ1) is 16.7. The molecule has 0 fully saturated rings.